The summed E-state index contributed by atoms with van der Waals surface area (Å²) in [6, 6.07) is 13.2. The molecule has 1 heterocycles. The molecule has 3 rings (SSSR count). The van der Waals surface area contributed by atoms with E-state index in [-0.39, 0.29) is 11.7 Å². The predicted molar refractivity (Wildman–Crippen MR) is 125 cm³/mol. The van der Waals surface area contributed by atoms with Gasteiger partial charge in [-0.25, -0.2) is 5.43 Å². The van der Waals surface area contributed by atoms with Gasteiger partial charge in [0.05, 0.1) is 26.2 Å². The third-order valence-electron chi connectivity index (χ3n) is 4.30. The van der Waals surface area contributed by atoms with Gasteiger partial charge in [0.2, 0.25) is 0 Å². The Labute approximate surface area is 193 Å². The maximum atomic E-state index is 12.2. The number of carbonyl (C=O) groups is 1. The minimum Gasteiger partial charge on any atom is -0.497 e. The van der Waals surface area contributed by atoms with E-state index in [1.54, 1.807) is 20.4 Å². The van der Waals surface area contributed by atoms with Crippen molar-refractivity contribution in [1.82, 2.24) is 20.2 Å². The Balaban J connectivity index is 1.61. The van der Waals surface area contributed by atoms with Gasteiger partial charge in [0.25, 0.3) is 5.91 Å². The Morgan fingerprint density at radius 1 is 1.19 bits per heavy atom. The second kappa shape index (κ2) is 11.0. The minimum atomic E-state index is -0.244. The zero-order valence-electron chi connectivity index (χ0n) is 17.3. The van der Waals surface area contributed by atoms with Crippen LogP contribution in [0, 0.1) is 0 Å². The lowest BCUT2D eigenvalue weighted by Gasteiger charge is -2.08. The maximum Gasteiger partial charge on any atom is 0.250 e. The molecule has 0 atom stereocenters. The predicted octanol–water partition coefficient (Wildman–Crippen LogP) is 3.99. The number of amides is 1. The molecule has 8 nitrogen and oxygen atoms in total. The Morgan fingerprint density at radius 3 is 2.65 bits per heavy atom. The van der Waals surface area contributed by atoms with Crippen molar-refractivity contribution >= 4 is 39.8 Å². The van der Waals surface area contributed by atoms with Crippen molar-refractivity contribution in [2.24, 2.45) is 5.10 Å². The van der Waals surface area contributed by atoms with Crippen molar-refractivity contribution in [3.8, 4) is 22.9 Å². The van der Waals surface area contributed by atoms with Gasteiger partial charge in [-0.1, -0.05) is 27.7 Å². The maximum absolute atomic E-state index is 12.2. The standard InChI is InChI=1S/C21H22BrN5O3S/c1-4-27-20(14-5-8-17(29-2)9-6-14)25-26-21(27)31-13-19(28)24-23-12-15-11-16(22)7-10-18(15)30-3/h5-12H,4,13H2,1-3H3,(H,24,28)/b23-12-. The molecule has 2 aromatic carbocycles. The minimum absolute atomic E-state index is 0.160. The number of benzene rings is 2. The van der Waals surface area contributed by atoms with Crippen LogP contribution in [0.25, 0.3) is 11.4 Å². The molecule has 0 spiro atoms. The van der Waals surface area contributed by atoms with Crippen LogP contribution in [0.1, 0.15) is 12.5 Å². The van der Waals surface area contributed by atoms with Gasteiger partial charge in [-0.05, 0) is 49.4 Å². The summed E-state index contributed by atoms with van der Waals surface area (Å²) < 4.78 is 13.3. The lowest BCUT2D eigenvalue weighted by Crippen LogP contribution is -2.20. The number of halogens is 1. The van der Waals surface area contributed by atoms with Gasteiger partial charge in [-0.15, -0.1) is 10.2 Å². The van der Waals surface area contributed by atoms with Crippen molar-refractivity contribution < 1.29 is 14.3 Å². The molecule has 162 valence electrons. The largest absolute Gasteiger partial charge is 0.497 e. The first kappa shape index (κ1) is 22.8. The molecule has 0 fully saturated rings. The average molecular weight is 504 g/mol. The van der Waals surface area contributed by atoms with E-state index in [9.17, 15) is 4.79 Å². The molecular weight excluding hydrogens is 482 g/mol. The quantitative estimate of drug-likeness (QED) is 0.269. The van der Waals surface area contributed by atoms with Crippen LogP contribution in [0.5, 0.6) is 11.5 Å². The highest BCUT2D eigenvalue weighted by atomic mass is 79.9. The van der Waals surface area contributed by atoms with Crippen LogP contribution >= 0.6 is 27.7 Å². The number of hydrazone groups is 1. The van der Waals surface area contributed by atoms with E-state index >= 15 is 0 Å². The first-order valence-electron chi connectivity index (χ1n) is 9.41. The van der Waals surface area contributed by atoms with Gasteiger partial charge in [0.1, 0.15) is 11.5 Å². The Bertz CT molecular complexity index is 1070. The number of nitrogens with zero attached hydrogens (tertiary/aromatic N) is 4. The van der Waals surface area contributed by atoms with E-state index < -0.39 is 0 Å². The number of hydrogen-bond acceptors (Lipinski definition) is 7. The van der Waals surface area contributed by atoms with E-state index in [0.717, 1.165) is 27.2 Å². The molecule has 1 aromatic heterocycles. The fraction of sp³-hybridized carbons (Fsp3) is 0.238. The molecule has 31 heavy (non-hydrogen) atoms. The summed E-state index contributed by atoms with van der Waals surface area (Å²) in [5.41, 5.74) is 4.21. The highest BCUT2D eigenvalue weighted by Crippen LogP contribution is 2.25. The molecule has 1 amide bonds. The number of rotatable bonds is 9. The van der Waals surface area contributed by atoms with Crippen LogP contribution in [0.4, 0.5) is 0 Å². The second-order valence-electron chi connectivity index (χ2n) is 6.25. The lowest BCUT2D eigenvalue weighted by atomic mass is 10.2. The number of methoxy groups -OCH3 is 2. The van der Waals surface area contributed by atoms with Gasteiger partial charge in [0.15, 0.2) is 11.0 Å². The molecule has 0 radical (unpaired) electrons. The molecule has 3 aromatic rings. The van der Waals surface area contributed by atoms with Crippen molar-refractivity contribution in [3.63, 3.8) is 0 Å². The van der Waals surface area contributed by atoms with E-state index in [2.05, 4.69) is 36.7 Å². The van der Waals surface area contributed by atoms with Gasteiger partial charge in [0, 0.05) is 22.1 Å². The summed E-state index contributed by atoms with van der Waals surface area (Å²) in [5, 5.41) is 13.2. The zero-order chi connectivity index (χ0) is 22.2. The Hall–Kier alpha value is -2.85. The van der Waals surface area contributed by atoms with Crippen molar-refractivity contribution in [1.29, 1.82) is 0 Å². The van der Waals surface area contributed by atoms with Crippen LogP contribution in [-0.2, 0) is 11.3 Å². The Kier molecular flexibility index (Phi) is 8.07. The van der Waals surface area contributed by atoms with Crippen LogP contribution in [0.15, 0.2) is 57.2 Å². The average Bonchev–Trinajstić information content (AvgIpc) is 3.21. The first-order chi connectivity index (χ1) is 15.0. The molecule has 0 saturated carbocycles. The van der Waals surface area contributed by atoms with Crippen LogP contribution in [0.3, 0.4) is 0 Å². The highest BCUT2D eigenvalue weighted by molar-refractivity contribution is 9.10. The number of carbonyl (C=O) groups excluding carboxylic acids is 1. The fourth-order valence-corrected chi connectivity index (χ4v) is 3.95. The van der Waals surface area contributed by atoms with Crippen molar-refractivity contribution in [2.45, 2.75) is 18.6 Å². The topological polar surface area (TPSA) is 90.6 Å². The van der Waals surface area contributed by atoms with Crippen molar-refractivity contribution in [3.05, 3.63) is 52.5 Å². The summed E-state index contributed by atoms with van der Waals surface area (Å²) in [5.74, 6) is 2.10. The highest BCUT2D eigenvalue weighted by Gasteiger charge is 2.14. The van der Waals surface area contributed by atoms with Crippen molar-refractivity contribution in [2.75, 3.05) is 20.0 Å². The lowest BCUT2D eigenvalue weighted by molar-refractivity contribution is -0.118. The van der Waals surface area contributed by atoms with Gasteiger partial charge in [-0.2, -0.15) is 5.10 Å². The third kappa shape index (κ3) is 5.86. The first-order valence-corrected chi connectivity index (χ1v) is 11.2. The third-order valence-corrected chi connectivity index (χ3v) is 5.76. The van der Waals surface area contributed by atoms with Gasteiger partial charge in [-0.3, -0.25) is 4.79 Å². The number of nitrogens with one attached hydrogen (secondary N) is 1. The van der Waals surface area contributed by atoms with Crippen LogP contribution < -0.4 is 14.9 Å². The molecule has 0 aliphatic carbocycles. The summed E-state index contributed by atoms with van der Waals surface area (Å²) in [6.45, 7) is 2.69. The fourth-order valence-electron chi connectivity index (χ4n) is 2.78. The normalized spacial score (nSPS) is 11.0. The molecule has 10 heteroatoms. The number of thioether (sulfide) groups is 1. The summed E-state index contributed by atoms with van der Waals surface area (Å²) in [7, 11) is 3.21. The Morgan fingerprint density at radius 2 is 1.97 bits per heavy atom. The van der Waals surface area contributed by atoms with E-state index in [1.807, 2.05) is 54.0 Å². The van der Waals surface area contributed by atoms with E-state index in [4.69, 9.17) is 9.47 Å². The molecule has 0 saturated heterocycles. The van der Waals surface area contributed by atoms with Gasteiger partial charge < -0.3 is 14.0 Å². The molecule has 0 aliphatic rings. The smallest absolute Gasteiger partial charge is 0.250 e. The van der Waals surface area contributed by atoms with E-state index in [0.29, 0.717) is 17.5 Å². The summed E-state index contributed by atoms with van der Waals surface area (Å²) in [4.78, 5) is 12.2. The molecule has 0 aliphatic heterocycles. The summed E-state index contributed by atoms with van der Waals surface area (Å²) >= 11 is 4.71. The molecule has 1 N–H and O–H groups in total. The monoisotopic (exact) mass is 503 g/mol. The molecule has 0 unspecified atom stereocenters. The number of hydrogen-bond donors (Lipinski definition) is 1. The number of aromatic nitrogens is 3. The molecular formula is C21H22BrN5O3S. The SMILES string of the molecule is CCn1c(SCC(=O)N/N=C\c2cc(Br)ccc2OC)nnc1-c1ccc(OC)cc1. The van der Waals surface area contributed by atoms with Crippen LogP contribution in [-0.4, -0.2) is 46.9 Å². The number of ether oxygens (including phenoxy) is 2. The van der Waals surface area contributed by atoms with E-state index in [1.165, 1.54) is 11.8 Å². The van der Waals surface area contributed by atoms with Gasteiger partial charge >= 0.3 is 0 Å². The second-order valence-corrected chi connectivity index (χ2v) is 8.11. The summed E-state index contributed by atoms with van der Waals surface area (Å²) in [6.07, 6.45) is 1.54. The van der Waals surface area contributed by atoms with Crippen LogP contribution in [0.2, 0.25) is 0 Å². The molecule has 0 bridgehead atoms. The zero-order valence-corrected chi connectivity index (χ0v) is 19.7.